The van der Waals surface area contributed by atoms with Crippen molar-refractivity contribution in [3.05, 3.63) is 48.0 Å². The van der Waals surface area contributed by atoms with E-state index in [4.69, 9.17) is 10.6 Å². The van der Waals surface area contributed by atoms with E-state index in [0.717, 1.165) is 34.7 Å². The third kappa shape index (κ3) is 7.99. The molecule has 1 heterocycles. The number of aromatic nitrogens is 2. The van der Waals surface area contributed by atoms with Crippen molar-refractivity contribution in [1.29, 1.82) is 0 Å². The number of nitrogens with zero attached hydrogens (tertiary/aromatic N) is 3. The molecule has 0 radical (unpaired) electrons. The van der Waals surface area contributed by atoms with Crippen molar-refractivity contribution < 1.29 is 18.9 Å². The summed E-state index contributed by atoms with van der Waals surface area (Å²) in [4.78, 5) is 23.7. The number of benzene rings is 1. The number of aryl methyl sites for hydroxylation is 1. The van der Waals surface area contributed by atoms with Crippen molar-refractivity contribution in [2.45, 2.75) is 44.2 Å². The van der Waals surface area contributed by atoms with Crippen molar-refractivity contribution in [1.82, 2.24) is 14.5 Å². The van der Waals surface area contributed by atoms with Crippen LogP contribution in [-0.4, -0.2) is 39.1 Å². The van der Waals surface area contributed by atoms with Crippen molar-refractivity contribution in [2.75, 3.05) is 13.1 Å². The average Bonchev–Trinajstić information content (AvgIpc) is 3.02. The number of ether oxygens (including phenoxy) is 1. The molecule has 0 aliphatic heterocycles. The summed E-state index contributed by atoms with van der Waals surface area (Å²) in [6.45, 7) is 7.08. The van der Waals surface area contributed by atoms with Crippen LogP contribution in [0.15, 0.2) is 41.6 Å². The van der Waals surface area contributed by atoms with Gasteiger partial charge in [0.15, 0.2) is 0 Å². The minimum atomic E-state index is -0.505. The molecule has 0 unspecified atom stereocenters. The van der Waals surface area contributed by atoms with Gasteiger partial charge in [0, 0.05) is 30.9 Å². The Kier molecular flexibility index (Phi) is 8.46. The van der Waals surface area contributed by atoms with Gasteiger partial charge in [-0.05, 0) is 44.9 Å². The molecular weight excluding hydrogens is 380 g/mol. The smallest absolute Gasteiger partial charge is 0.320 e. The van der Waals surface area contributed by atoms with E-state index < -0.39 is 5.60 Å². The number of hydrogen-bond acceptors (Lipinski definition) is 8. The van der Waals surface area contributed by atoms with Gasteiger partial charge in [-0.3, -0.25) is 9.69 Å². The summed E-state index contributed by atoms with van der Waals surface area (Å²) in [5, 5.41) is 0. The molecule has 2 rings (SSSR count). The second-order valence-corrected chi connectivity index (χ2v) is 8.17. The summed E-state index contributed by atoms with van der Waals surface area (Å²) in [5.74, 6) is 5.49. The first-order valence-corrected chi connectivity index (χ1v) is 9.70. The van der Waals surface area contributed by atoms with Crippen molar-refractivity contribution >= 4 is 18.0 Å². The van der Waals surface area contributed by atoms with E-state index in [0.29, 0.717) is 13.1 Å². The maximum Gasteiger partial charge on any atom is 0.320 e. The zero-order valence-corrected chi connectivity index (χ0v) is 17.6. The maximum atomic E-state index is 12.3. The largest absolute Gasteiger partial charge is 0.459 e. The Morgan fingerprint density at radius 1 is 1.29 bits per heavy atom. The topological polar surface area (TPSA) is 91.8 Å². The van der Waals surface area contributed by atoms with Crippen LogP contribution in [0.3, 0.4) is 0 Å². The summed E-state index contributed by atoms with van der Waals surface area (Å²) in [5.41, 5.74) is 0.640. The molecule has 28 heavy (non-hydrogen) atoms. The molecule has 9 heteroatoms. The van der Waals surface area contributed by atoms with Crippen molar-refractivity contribution in [3.63, 3.8) is 0 Å². The molecule has 2 aromatic rings. The Balaban J connectivity index is 1.98. The SMILES string of the molecule is Cn1ccnc1CN(CCc1ccc(SOON)cc1)CC(=O)OC(C)(C)C. The molecule has 8 nitrogen and oxygen atoms in total. The Hall–Kier alpha value is -1.91. The molecule has 2 N–H and O–H groups in total. The Bertz CT molecular complexity index is 743. The molecule has 1 aromatic heterocycles. The van der Waals surface area contributed by atoms with Gasteiger partial charge in [-0.1, -0.05) is 12.1 Å². The highest BCUT2D eigenvalue weighted by Crippen LogP contribution is 2.19. The molecule has 0 bridgehead atoms. The van der Waals surface area contributed by atoms with Gasteiger partial charge in [0.1, 0.15) is 11.4 Å². The standard InChI is InChI=1S/C19H28N4O4S/c1-19(2,3)25-18(24)14-23(13-17-21-10-12-22(17)4)11-9-15-5-7-16(8-6-15)28-27-26-20/h5-8,10,12H,9,11,13-14,20H2,1-4H3. The fourth-order valence-corrected chi connectivity index (χ4v) is 2.94. The van der Waals surface area contributed by atoms with Crippen LogP contribution in [0, 0.1) is 0 Å². The molecule has 0 saturated carbocycles. The van der Waals surface area contributed by atoms with Crippen LogP contribution in [0.5, 0.6) is 0 Å². The molecule has 0 aliphatic carbocycles. The van der Waals surface area contributed by atoms with Gasteiger partial charge < -0.3 is 9.30 Å². The van der Waals surface area contributed by atoms with E-state index in [1.54, 1.807) is 6.20 Å². The third-order valence-corrected chi connectivity index (χ3v) is 4.48. The van der Waals surface area contributed by atoms with Crippen LogP contribution in [0.4, 0.5) is 0 Å². The van der Waals surface area contributed by atoms with E-state index >= 15 is 0 Å². The lowest BCUT2D eigenvalue weighted by Gasteiger charge is -2.25. The lowest BCUT2D eigenvalue weighted by molar-refractivity contribution is -0.195. The molecule has 0 saturated heterocycles. The number of rotatable bonds is 10. The molecule has 154 valence electrons. The molecule has 1 aromatic carbocycles. The zero-order chi connectivity index (χ0) is 20.6. The number of carbonyl (C=O) groups is 1. The first kappa shape index (κ1) is 22.4. The maximum absolute atomic E-state index is 12.3. The van der Waals surface area contributed by atoms with Gasteiger partial charge in [0.25, 0.3) is 0 Å². The molecular formula is C19H28N4O4S. The van der Waals surface area contributed by atoms with Gasteiger partial charge in [-0.25, -0.2) is 4.98 Å². The summed E-state index contributed by atoms with van der Waals surface area (Å²) in [7, 11) is 1.94. The highest BCUT2D eigenvalue weighted by Gasteiger charge is 2.20. The lowest BCUT2D eigenvalue weighted by atomic mass is 10.1. The highest BCUT2D eigenvalue weighted by atomic mass is 32.2. The second-order valence-electron chi connectivity index (χ2n) is 7.39. The minimum Gasteiger partial charge on any atom is -0.459 e. The van der Waals surface area contributed by atoms with Gasteiger partial charge in [-0.2, -0.15) is 5.90 Å². The highest BCUT2D eigenvalue weighted by molar-refractivity contribution is 7.94. The monoisotopic (exact) mass is 408 g/mol. The number of hydrogen-bond donors (Lipinski definition) is 1. The third-order valence-electron chi connectivity index (χ3n) is 3.87. The quantitative estimate of drug-likeness (QED) is 0.278. The van der Waals surface area contributed by atoms with E-state index in [1.807, 2.05) is 67.7 Å². The van der Waals surface area contributed by atoms with Crippen LogP contribution in [-0.2, 0) is 38.9 Å². The van der Waals surface area contributed by atoms with E-state index in [2.05, 4.69) is 14.3 Å². The van der Waals surface area contributed by atoms with Crippen LogP contribution in [0.1, 0.15) is 32.2 Å². The predicted octanol–water partition coefficient (Wildman–Crippen LogP) is 2.64. The zero-order valence-electron chi connectivity index (χ0n) is 16.8. The van der Waals surface area contributed by atoms with E-state index in [-0.39, 0.29) is 12.5 Å². The lowest BCUT2D eigenvalue weighted by Crippen LogP contribution is -2.36. The molecule has 0 fully saturated rings. The number of imidazole rings is 1. The first-order chi connectivity index (χ1) is 13.3. The Morgan fingerprint density at radius 2 is 2.00 bits per heavy atom. The Morgan fingerprint density at radius 3 is 2.57 bits per heavy atom. The van der Waals surface area contributed by atoms with Crippen molar-refractivity contribution in [3.8, 4) is 0 Å². The van der Waals surface area contributed by atoms with Gasteiger partial charge >= 0.3 is 5.97 Å². The van der Waals surface area contributed by atoms with Gasteiger partial charge in [0.05, 0.1) is 25.1 Å². The van der Waals surface area contributed by atoms with Crippen LogP contribution < -0.4 is 5.90 Å². The van der Waals surface area contributed by atoms with Gasteiger partial charge in [-0.15, -0.1) is 9.32 Å². The summed E-state index contributed by atoms with van der Waals surface area (Å²) < 4.78 is 12.1. The average molecular weight is 409 g/mol. The number of esters is 1. The van der Waals surface area contributed by atoms with Crippen LogP contribution in [0.2, 0.25) is 0 Å². The van der Waals surface area contributed by atoms with Crippen LogP contribution >= 0.6 is 12.0 Å². The van der Waals surface area contributed by atoms with Crippen molar-refractivity contribution in [2.24, 2.45) is 12.9 Å². The fourth-order valence-electron chi connectivity index (χ4n) is 2.58. The van der Waals surface area contributed by atoms with Gasteiger partial charge in [0.2, 0.25) is 0 Å². The predicted molar refractivity (Wildman–Crippen MR) is 107 cm³/mol. The fraction of sp³-hybridized carbons (Fsp3) is 0.474. The molecule has 0 amide bonds. The van der Waals surface area contributed by atoms with E-state index in [9.17, 15) is 4.79 Å². The Labute approximate surface area is 170 Å². The summed E-state index contributed by atoms with van der Waals surface area (Å²) >= 11 is 1.04. The normalized spacial score (nSPS) is 11.8. The summed E-state index contributed by atoms with van der Waals surface area (Å²) in [6, 6.07) is 7.87. The van der Waals surface area contributed by atoms with Crippen LogP contribution in [0.25, 0.3) is 0 Å². The summed E-state index contributed by atoms with van der Waals surface area (Å²) in [6.07, 6.45) is 4.43. The first-order valence-electron chi connectivity index (χ1n) is 8.96. The second kappa shape index (κ2) is 10.6. The molecule has 0 aliphatic rings. The number of nitrogens with two attached hydrogens (primary N) is 1. The van der Waals surface area contributed by atoms with E-state index in [1.165, 1.54) is 0 Å². The minimum absolute atomic E-state index is 0.208. The molecule has 0 atom stereocenters. The molecule has 0 spiro atoms. The number of carbonyl (C=O) groups excluding carboxylic acids is 1.